The Morgan fingerprint density at radius 1 is 0.893 bits per heavy atom. The third-order valence-corrected chi connectivity index (χ3v) is 6.22. The average Bonchev–Trinajstić information content (AvgIpc) is 3.21. The summed E-state index contributed by atoms with van der Waals surface area (Å²) in [7, 11) is 0. The highest BCUT2D eigenvalue weighted by Gasteiger charge is 2.15. The molecule has 2 rings (SSSR count). The van der Waals surface area contributed by atoms with Crippen molar-refractivity contribution in [1.29, 1.82) is 0 Å². The van der Waals surface area contributed by atoms with Gasteiger partial charge in [-0.05, 0) is 45.2 Å². The molecule has 0 unspecified atom stereocenters. The minimum absolute atomic E-state index is 0. The van der Waals surface area contributed by atoms with Crippen LogP contribution in [0.25, 0.3) is 0 Å². The molecule has 0 radical (unpaired) electrons. The van der Waals surface area contributed by atoms with Gasteiger partial charge < -0.3 is 20.4 Å². The number of hydrogen-bond donors (Lipinski definition) is 2. The molecule has 1 heterocycles. The molecule has 0 bridgehead atoms. The van der Waals surface area contributed by atoms with Crippen molar-refractivity contribution in [1.82, 2.24) is 20.4 Å². The molecule has 0 atom stereocenters. The van der Waals surface area contributed by atoms with Crippen LogP contribution < -0.4 is 10.6 Å². The molecule has 0 aromatic carbocycles. The summed E-state index contributed by atoms with van der Waals surface area (Å²) in [5.41, 5.74) is 0. The summed E-state index contributed by atoms with van der Waals surface area (Å²) >= 11 is 0. The Balaban J connectivity index is 0.00000392. The van der Waals surface area contributed by atoms with E-state index in [2.05, 4.69) is 34.3 Å². The fourth-order valence-corrected chi connectivity index (χ4v) is 4.37. The van der Waals surface area contributed by atoms with Gasteiger partial charge in [-0.1, -0.05) is 45.4 Å². The number of nitrogens with zero attached hydrogens (tertiary/aromatic N) is 3. The van der Waals surface area contributed by atoms with E-state index >= 15 is 0 Å². The molecule has 166 valence electrons. The van der Waals surface area contributed by atoms with Gasteiger partial charge in [-0.25, -0.2) is 0 Å². The Labute approximate surface area is 191 Å². The van der Waals surface area contributed by atoms with Crippen LogP contribution in [0.4, 0.5) is 0 Å². The maximum atomic E-state index is 4.76. The lowest BCUT2D eigenvalue weighted by atomic mass is 10.0. The van der Waals surface area contributed by atoms with E-state index in [0.29, 0.717) is 0 Å². The second-order valence-electron chi connectivity index (χ2n) is 8.32. The number of halogens is 1. The summed E-state index contributed by atoms with van der Waals surface area (Å²) in [6.45, 7) is 14.8. The van der Waals surface area contributed by atoms with Crippen LogP contribution in [0.15, 0.2) is 4.99 Å². The molecule has 6 heteroatoms. The van der Waals surface area contributed by atoms with E-state index in [1.54, 1.807) is 0 Å². The molecule has 2 aliphatic rings. The van der Waals surface area contributed by atoms with Gasteiger partial charge in [0.2, 0.25) is 0 Å². The van der Waals surface area contributed by atoms with Crippen molar-refractivity contribution in [3.8, 4) is 0 Å². The average molecular weight is 508 g/mol. The molecule has 5 nitrogen and oxygen atoms in total. The summed E-state index contributed by atoms with van der Waals surface area (Å²) in [6.07, 6.45) is 12.4. The van der Waals surface area contributed by atoms with Crippen molar-refractivity contribution in [2.24, 2.45) is 10.9 Å². The summed E-state index contributed by atoms with van der Waals surface area (Å²) in [5.74, 6) is 2.03. The molecule has 1 saturated heterocycles. The normalized spacial score (nSPS) is 19.6. The Morgan fingerprint density at radius 2 is 1.61 bits per heavy atom. The fraction of sp³-hybridized carbons (Fsp3) is 0.955. The Hall–Kier alpha value is -0.0800. The number of piperazine rings is 1. The third-order valence-electron chi connectivity index (χ3n) is 6.22. The molecule has 2 N–H and O–H groups in total. The quantitative estimate of drug-likeness (QED) is 0.182. The van der Waals surface area contributed by atoms with Crippen LogP contribution in [0, 0.1) is 5.92 Å². The Bertz CT molecular complexity index is 390. The zero-order valence-electron chi connectivity index (χ0n) is 18.6. The van der Waals surface area contributed by atoms with Crippen molar-refractivity contribution in [3.05, 3.63) is 0 Å². The van der Waals surface area contributed by atoms with E-state index in [-0.39, 0.29) is 24.0 Å². The van der Waals surface area contributed by atoms with Gasteiger partial charge >= 0.3 is 0 Å². The van der Waals surface area contributed by atoms with Crippen molar-refractivity contribution < 1.29 is 0 Å². The first-order chi connectivity index (χ1) is 13.3. The van der Waals surface area contributed by atoms with Gasteiger partial charge in [0.05, 0.1) is 0 Å². The summed E-state index contributed by atoms with van der Waals surface area (Å²) < 4.78 is 0. The smallest absolute Gasteiger partial charge is 0.191 e. The largest absolute Gasteiger partial charge is 0.357 e. The van der Waals surface area contributed by atoms with Crippen LogP contribution in [0.3, 0.4) is 0 Å². The van der Waals surface area contributed by atoms with E-state index in [4.69, 9.17) is 4.99 Å². The zero-order valence-corrected chi connectivity index (χ0v) is 20.9. The van der Waals surface area contributed by atoms with Gasteiger partial charge in [-0.15, -0.1) is 24.0 Å². The molecule has 1 aliphatic heterocycles. The van der Waals surface area contributed by atoms with Gasteiger partial charge in [0.25, 0.3) is 0 Å². The highest BCUT2D eigenvalue weighted by Crippen LogP contribution is 2.28. The van der Waals surface area contributed by atoms with Crippen LogP contribution in [0.1, 0.15) is 71.6 Å². The first kappa shape index (κ1) is 26.0. The topological polar surface area (TPSA) is 42.9 Å². The molecule has 1 saturated carbocycles. The summed E-state index contributed by atoms with van der Waals surface area (Å²) in [4.78, 5) is 9.93. The monoisotopic (exact) mass is 507 g/mol. The number of hydrogen-bond acceptors (Lipinski definition) is 3. The number of aliphatic imine (C=N–C) groups is 1. The van der Waals surface area contributed by atoms with Crippen molar-refractivity contribution in [2.45, 2.75) is 71.6 Å². The zero-order chi connectivity index (χ0) is 19.2. The fourth-order valence-electron chi connectivity index (χ4n) is 4.37. The second-order valence-corrected chi connectivity index (χ2v) is 8.32. The van der Waals surface area contributed by atoms with Crippen molar-refractivity contribution >= 4 is 29.9 Å². The highest BCUT2D eigenvalue weighted by molar-refractivity contribution is 14.0. The van der Waals surface area contributed by atoms with E-state index in [1.807, 2.05) is 0 Å². The molecule has 0 aromatic rings. The van der Waals surface area contributed by atoms with Gasteiger partial charge in [0.1, 0.15) is 0 Å². The van der Waals surface area contributed by atoms with Gasteiger partial charge in [-0.3, -0.25) is 4.99 Å². The molecule has 28 heavy (non-hydrogen) atoms. The van der Waals surface area contributed by atoms with E-state index in [1.165, 1.54) is 97.1 Å². The Morgan fingerprint density at radius 3 is 2.29 bits per heavy atom. The molecule has 1 aliphatic carbocycles. The predicted molar refractivity (Wildman–Crippen MR) is 133 cm³/mol. The highest BCUT2D eigenvalue weighted by atomic mass is 127. The molecule has 0 amide bonds. The van der Waals surface area contributed by atoms with E-state index < -0.39 is 0 Å². The lowest BCUT2D eigenvalue weighted by molar-refractivity contribution is 0.136. The number of likely N-dealkylation sites (N-methyl/N-ethyl adjacent to an activating group) is 1. The number of rotatable bonds is 12. The lowest BCUT2D eigenvalue weighted by Gasteiger charge is -2.34. The van der Waals surface area contributed by atoms with Crippen LogP contribution in [-0.4, -0.2) is 74.7 Å². The Kier molecular flexibility index (Phi) is 15.5. The van der Waals surface area contributed by atoms with Crippen molar-refractivity contribution in [3.63, 3.8) is 0 Å². The SMILES string of the molecule is CCNC(=NCCCCC1CCCC1)NCCCCN1CCN(CC)CC1.I. The maximum absolute atomic E-state index is 4.76. The third kappa shape index (κ3) is 11.2. The summed E-state index contributed by atoms with van der Waals surface area (Å²) in [5, 5.41) is 6.91. The van der Waals surface area contributed by atoms with Gasteiger partial charge in [0, 0.05) is 45.8 Å². The van der Waals surface area contributed by atoms with E-state index in [0.717, 1.165) is 31.5 Å². The first-order valence-corrected chi connectivity index (χ1v) is 11.8. The maximum Gasteiger partial charge on any atom is 0.191 e. The van der Waals surface area contributed by atoms with E-state index in [9.17, 15) is 0 Å². The molecule has 2 fully saturated rings. The second kappa shape index (κ2) is 16.7. The van der Waals surface area contributed by atoms with Crippen LogP contribution in [0.5, 0.6) is 0 Å². The molecular formula is C22H46IN5. The first-order valence-electron chi connectivity index (χ1n) is 11.8. The predicted octanol–water partition coefficient (Wildman–Crippen LogP) is 3.94. The number of guanidine groups is 1. The molecule has 0 aromatic heterocycles. The van der Waals surface area contributed by atoms with Crippen LogP contribution in [0.2, 0.25) is 0 Å². The lowest BCUT2D eigenvalue weighted by Crippen LogP contribution is -2.46. The van der Waals surface area contributed by atoms with Crippen molar-refractivity contribution in [2.75, 3.05) is 58.9 Å². The minimum atomic E-state index is 0. The number of unbranched alkanes of at least 4 members (excludes halogenated alkanes) is 2. The van der Waals surface area contributed by atoms with Gasteiger partial charge in [-0.2, -0.15) is 0 Å². The standard InChI is InChI=1S/C22H45N5.HI/c1-3-23-22(24-14-8-7-13-21-11-5-6-12-21)25-15-9-10-16-27-19-17-26(4-2)18-20-27;/h21H,3-20H2,1-2H3,(H2,23,24,25);1H. The van der Waals surface area contributed by atoms with Gasteiger partial charge in [0.15, 0.2) is 5.96 Å². The number of nitrogens with one attached hydrogen (secondary N) is 2. The van der Waals surface area contributed by atoms with Crippen LogP contribution >= 0.6 is 24.0 Å². The summed E-state index contributed by atoms with van der Waals surface area (Å²) in [6, 6.07) is 0. The van der Waals surface area contributed by atoms with Crippen LogP contribution in [-0.2, 0) is 0 Å². The molecule has 0 spiro atoms. The minimum Gasteiger partial charge on any atom is -0.357 e. The molecular weight excluding hydrogens is 461 g/mol.